The zero-order chi connectivity index (χ0) is 18.3. The number of amides is 1. The van der Waals surface area contributed by atoms with E-state index in [-0.39, 0.29) is 0 Å². The van der Waals surface area contributed by atoms with Crippen molar-refractivity contribution in [1.82, 2.24) is 4.98 Å². The third-order valence-corrected chi connectivity index (χ3v) is 3.31. The Kier molecular flexibility index (Phi) is 6.22. The molecule has 1 aromatic carbocycles. The number of nitrogens with one attached hydrogen (secondary N) is 2. The first-order chi connectivity index (χ1) is 11.9. The summed E-state index contributed by atoms with van der Waals surface area (Å²) in [7, 11) is 1.67. The fourth-order valence-electron chi connectivity index (χ4n) is 2.23. The van der Waals surface area contributed by atoms with Crippen LogP contribution in [0.4, 0.5) is 16.3 Å². The van der Waals surface area contributed by atoms with Crippen LogP contribution < -0.4 is 15.4 Å². The first-order valence-electron chi connectivity index (χ1n) is 8.19. The van der Waals surface area contributed by atoms with Crippen LogP contribution in [-0.4, -0.2) is 30.3 Å². The minimum Gasteiger partial charge on any atom is -0.496 e. The highest BCUT2D eigenvalue weighted by molar-refractivity contribution is 5.83. The lowest BCUT2D eigenvalue weighted by Crippen LogP contribution is -2.27. The zero-order valence-corrected chi connectivity index (χ0v) is 15.1. The molecule has 6 nitrogen and oxygen atoms in total. The van der Waals surface area contributed by atoms with E-state index in [0.717, 1.165) is 30.0 Å². The van der Waals surface area contributed by atoms with Crippen LogP contribution in [0.2, 0.25) is 0 Å². The summed E-state index contributed by atoms with van der Waals surface area (Å²) in [5.74, 6) is 1.34. The van der Waals surface area contributed by atoms with Crippen molar-refractivity contribution in [2.24, 2.45) is 0 Å². The maximum atomic E-state index is 11.7. The Hall–Kier alpha value is -2.76. The van der Waals surface area contributed by atoms with Gasteiger partial charge in [0.2, 0.25) is 0 Å². The molecule has 1 aromatic heterocycles. The van der Waals surface area contributed by atoms with Gasteiger partial charge in [-0.05, 0) is 51.0 Å². The van der Waals surface area contributed by atoms with Gasteiger partial charge in [0.1, 0.15) is 17.2 Å². The van der Waals surface area contributed by atoms with Gasteiger partial charge in [-0.2, -0.15) is 0 Å². The van der Waals surface area contributed by atoms with E-state index in [1.807, 2.05) is 51.1 Å². The molecule has 2 N–H and O–H groups in total. The molecule has 6 heteroatoms. The zero-order valence-electron chi connectivity index (χ0n) is 15.1. The van der Waals surface area contributed by atoms with Gasteiger partial charge in [-0.3, -0.25) is 5.32 Å². The van der Waals surface area contributed by atoms with Crippen LogP contribution in [0.25, 0.3) is 0 Å². The Morgan fingerprint density at radius 2 is 1.92 bits per heavy atom. The van der Waals surface area contributed by atoms with Gasteiger partial charge in [0.15, 0.2) is 0 Å². The molecular weight excluding hydrogens is 318 g/mol. The molecule has 2 rings (SSSR count). The molecular formula is C19H25N3O3. The average molecular weight is 343 g/mol. The average Bonchev–Trinajstić information content (AvgIpc) is 2.55. The largest absolute Gasteiger partial charge is 0.496 e. The van der Waals surface area contributed by atoms with E-state index in [0.29, 0.717) is 5.82 Å². The van der Waals surface area contributed by atoms with Crippen LogP contribution in [-0.2, 0) is 11.2 Å². The van der Waals surface area contributed by atoms with Gasteiger partial charge in [-0.1, -0.05) is 18.2 Å². The van der Waals surface area contributed by atoms with Crippen LogP contribution in [0.3, 0.4) is 0 Å². The standard InChI is InChI=1S/C19H25N3O3/c1-19(2,3)25-18(23)22-17-10-9-15(13-21-17)20-12-11-14-7-5-6-8-16(14)24-4/h5-10,13,20H,11-12H2,1-4H3,(H,21,22,23). The summed E-state index contributed by atoms with van der Waals surface area (Å²) in [4.78, 5) is 15.9. The second kappa shape index (κ2) is 8.37. The number of para-hydroxylation sites is 1. The molecule has 0 spiro atoms. The second-order valence-electron chi connectivity index (χ2n) is 6.55. The van der Waals surface area contributed by atoms with Gasteiger partial charge in [-0.25, -0.2) is 9.78 Å². The number of ether oxygens (including phenoxy) is 2. The second-order valence-corrected chi connectivity index (χ2v) is 6.55. The Balaban J connectivity index is 1.83. The predicted molar refractivity (Wildman–Crippen MR) is 99.3 cm³/mol. The number of anilines is 2. The van der Waals surface area contributed by atoms with E-state index >= 15 is 0 Å². The van der Waals surface area contributed by atoms with E-state index in [4.69, 9.17) is 9.47 Å². The number of pyridine rings is 1. The van der Waals surface area contributed by atoms with Crippen molar-refractivity contribution in [3.63, 3.8) is 0 Å². The SMILES string of the molecule is COc1ccccc1CCNc1ccc(NC(=O)OC(C)(C)C)nc1. The number of aromatic nitrogens is 1. The van der Waals surface area contributed by atoms with Crippen molar-refractivity contribution < 1.29 is 14.3 Å². The monoisotopic (exact) mass is 343 g/mol. The molecule has 0 aliphatic carbocycles. The normalized spacial score (nSPS) is 10.9. The lowest BCUT2D eigenvalue weighted by atomic mass is 10.1. The quantitative estimate of drug-likeness (QED) is 0.826. The molecule has 134 valence electrons. The summed E-state index contributed by atoms with van der Waals surface area (Å²) in [5.41, 5.74) is 1.49. The molecule has 0 aliphatic rings. The maximum absolute atomic E-state index is 11.7. The maximum Gasteiger partial charge on any atom is 0.413 e. The summed E-state index contributed by atoms with van der Waals surface area (Å²) in [6.07, 6.45) is 1.99. The minimum absolute atomic E-state index is 0.449. The highest BCUT2D eigenvalue weighted by Crippen LogP contribution is 2.18. The Morgan fingerprint density at radius 1 is 1.16 bits per heavy atom. The first-order valence-corrected chi connectivity index (χ1v) is 8.19. The van der Waals surface area contributed by atoms with Gasteiger partial charge in [-0.15, -0.1) is 0 Å². The van der Waals surface area contributed by atoms with E-state index < -0.39 is 11.7 Å². The summed E-state index contributed by atoms with van der Waals surface area (Å²) in [6.45, 7) is 6.19. The van der Waals surface area contributed by atoms with Gasteiger partial charge in [0.05, 0.1) is 19.0 Å². The van der Waals surface area contributed by atoms with Crippen LogP contribution in [0.5, 0.6) is 5.75 Å². The van der Waals surface area contributed by atoms with Crippen molar-refractivity contribution >= 4 is 17.6 Å². The number of methoxy groups -OCH3 is 1. The fourth-order valence-corrected chi connectivity index (χ4v) is 2.23. The van der Waals surface area contributed by atoms with Gasteiger partial charge in [0, 0.05) is 6.54 Å². The molecule has 0 bridgehead atoms. The Labute approximate surface area is 148 Å². The van der Waals surface area contributed by atoms with E-state index in [1.54, 1.807) is 19.4 Å². The van der Waals surface area contributed by atoms with Crippen LogP contribution in [0, 0.1) is 0 Å². The number of carbonyl (C=O) groups excluding carboxylic acids is 1. The van der Waals surface area contributed by atoms with Crippen LogP contribution in [0.1, 0.15) is 26.3 Å². The number of hydrogen-bond donors (Lipinski definition) is 2. The first kappa shape index (κ1) is 18.6. The molecule has 0 unspecified atom stereocenters. The number of rotatable bonds is 6. The molecule has 1 heterocycles. The lowest BCUT2D eigenvalue weighted by Gasteiger charge is -2.19. The molecule has 2 aromatic rings. The van der Waals surface area contributed by atoms with E-state index in [1.165, 1.54) is 0 Å². The minimum atomic E-state index is -0.538. The fraction of sp³-hybridized carbons (Fsp3) is 0.368. The van der Waals surface area contributed by atoms with E-state index in [9.17, 15) is 4.79 Å². The Bertz CT molecular complexity index is 694. The third kappa shape index (κ3) is 6.33. The lowest BCUT2D eigenvalue weighted by molar-refractivity contribution is 0.0635. The molecule has 0 atom stereocenters. The van der Waals surface area contributed by atoms with Crippen molar-refractivity contribution in [3.8, 4) is 5.75 Å². The summed E-state index contributed by atoms with van der Waals surface area (Å²) in [6, 6.07) is 11.5. The predicted octanol–water partition coefficient (Wildman–Crippen LogP) is 4.09. The molecule has 0 saturated carbocycles. The van der Waals surface area contributed by atoms with Crippen LogP contribution >= 0.6 is 0 Å². The molecule has 0 fully saturated rings. The van der Waals surface area contributed by atoms with Crippen molar-refractivity contribution in [2.75, 3.05) is 24.3 Å². The molecule has 0 radical (unpaired) electrons. The molecule has 1 amide bonds. The smallest absolute Gasteiger partial charge is 0.413 e. The van der Waals surface area contributed by atoms with Gasteiger partial charge in [0.25, 0.3) is 0 Å². The summed E-state index contributed by atoms with van der Waals surface area (Å²) < 4.78 is 10.5. The van der Waals surface area contributed by atoms with Crippen molar-refractivity contribution in [3.05, 3.63) is 48.2 Å². The number of carbonyl (C=O) groups is 1. The van der Waals surface area contributed by atoms with E-state index in [2.05, 4.69) is 15.6 Å². The third-order valence-electron chi connectivity index (χ3n) is 3.31. The highest BCUT2D eigenvalue weighted by Gasteiger charge is 2.16. The Morgan fingerprint density at radius 3 is 2.56 bits per heavy atom. The van der Waals surface area contributed by atoms with Crippen molar-refractivity contribution in [2.45, 2.75) is 32.8 Å². The number of hydrogen-bond acceptors (Lipinski definition) is 5. The molecule has 25 heavy (non-hydrogen) atoms. The van der Waals surface area contributed by atoms with Crippen LogP contribution in [0.15, 0.2) is 42.6 Å². The highest BCUT2D eigenvalue weighted by atomic mass is 16.6. The van der Waals surface area contributed by atoms with Gasteiger partial charge >= 0.3 is 6.09 Å². The van der Waals surface area contributed by atoms with Gasteiger partial charge < -0.3 is 14.8 Å². The summed E-state index contributed by atoms with van der Waals surface area (Å²) in [5, 5.41) is 5.91. The van der Waals surface area contributed by atoms with Crippen molar-refractivity contribution in [1.29, 1.82) is 0 Å². The molecule has 0 aliphatic heterocycles. The molecule has 0 saturated heterocycles. The topological polar surface area (TPSA) is 72.5 Å². The summed E-state index contributed by atoms with van der Waals surface area (Å²) >= 11 is 0. The number of nitrogens with zero attached hydrogens (tertiary/aromatic N) is 1. The number of benzene rings is 1.